The van der Waals surface area contributed by atoms with E-state index >= 15 is 0 Å². The third kappa shape index (κ3) is 2.41. The van der Waals surface area contributed by atoms with Gasteiger partial charge in [0.05, 0.1) is 5.60 Å². The summed E-state index contributed by atoms with van der Waals surface area (Å²) in [5, 5.41) is 10.2. The van der Waals surface area contributed by atoms with Crippen molar-refractivity contribution in [1.29, 1.82) is 0 Å². The second kappa shape index (κ2) is 4.37. The molecule has 0 spiro atoms. The van der Waals surface area contributed by atoms with E-state index < -0.39 is 5.60 Å². The monoisotopic (exact) mass is 222 g/mol. The maximum absolute atomic E-state index is 10.8. The van der Waals surface area contributed by atoms with Crippen LogP contribution in [0.15, 0.2) is 24.3 Å². The van der Waals surface area contributed by atoms with Crippen molar-refractivity contribution in [3.05, 3.63) is 35.4 Å². The highest BCUT2D eigenvalue weighted by Crippen LogP contribution is 2.31. The molecular weight excluding hydrogens is 208 g/mol. The minimum absolute atomic E-state index is 0.592. The van der Waals surface area contributed by atoms with Crippen LogP contribution < -0.4 is 0 Å². The number of carbonyl (C=O) groups excluding carboxylic acids is 1. The maximum Gasteiger partial charge on any atom is 0.150 e. The van der Waals surface area contributed by atoms with Crippen LogP contribution in [0, 0.1) is 0 Å². The molecule has 2 nitrogen and oxygen atoms in total. The lowest BCUT2D eigenvalue weighted by Crippen LogP contribution is -2.31. The maximum atomic E-state index is 10.8. The molecule has 0 bridgehead atoms. The Labute approximate surface area is 93.7 Å². The van der Waals surface area contributed by atoms with E-state index in [1.165, 1.54) is 0 Å². The summed E-state index contributed by atoms with van der Waals surface area (Å²) in [7, 11) is 0. The lowest BCUT2D eigenvalue weighted by atomic mass is 9.92. The van der Waals surface area contributed by atoms with Crippen LogP contribution in [0.1, 0.15) is 22.3 Å². The second-order valence-electron chi connectivity index (χ2n) is 4.02. The summed E-state index contributed by atoms with van der Waals surface area (Å²) in [6.07, 6.45) is 2.28. The summed E-state index contributed by atoms with van der Waals surface area (Å²) in [6.45, 7) is 0. The Morgan fingerprint density at radius 3 is 2.93 bits per heavy atom. The lowest BCUT2D eigenvalue weighted by Gasteiger charge is -2.21. The number of aldehydes is 1. The van der Waals surface area contributed by atoms with E-state index in [0.29, 0.717) is 12.0 Å². The standard InChI is InChI=1S/C12H14O2S/c13-8-11-4-2-1-3-10(11)7-12(14)5-6-15-9-12/h1-4,8,14H,5-7,9H2. The lowest BCUT2D eigenvalue weighted by molar-refractivity contribution is 0.0684. The molecule has 0 aromatic heterocycles. The van der Waals surface area contributed by atoms with Crippen molar-refractivity contribution in [3.63, 3.8) is 0 Å². The van der Waals surface area contributed by atoms with Crippen LogP contribution in [0.4, 0.5) is 0 Å². The average molecular weight is 222 g/mol. The third-order valence-electron chi connectivity index (χ3n) is 2.78. The molecule has 0 aliphatic carbocycles. The normalized spacial score (nSPS) is 25.4. The van der Waals surface area contributed by atoms with Gasteiger partial charge in [0.1, 0.15) is 6.29 Å². The first-order valence-corrected chi connectivity index (χ1v) is 6.22. The number of hydrogen-bond donors (Lipinski definition) is 1. The molecule has 0 amide bonds. The van der Waals surface area contributed by atoms with Gasteiger partial charge < -0.3 is 5.11 Å². The molecule has 1 saturated heterocycles. The van der Waals surface area contributed by atoms with Crippen molar-refractivity contribution in [1.82, 2.24) is 0 Å². The van der Waals surface area contributed by atoms with E-state index in [0.717, 1.165) is 29.8 Å². The molecule has 1 atom stereocenters. The van der Waals surface area contributed by atoms with Gasteiger partial charge in [0.15, 0.2) is 0 Å². The first-order valence-electron chi connectivity index (χ1n) is 5.07. The second-order valence-corrected chi connectivity index (χ2v) is 5.13. The Morgan fingerprint density at radius 2 is 2.27 bits per heavy atom. The molecule has 80 valence electrons. The van der Waals surface area contributed by atoms with Crippen molar-refractivity contribution in [2.45, 2.75) is 18.4 Å². The fourth-order valence-corrected chi connectivity index (χ4v) is 3.20. The van der Waals surface area contributed by atoms with Crippen molar-refractivity contribution in [2.75, 3.05) is 11.5 Å². The summed E-state index contributed by atoms with van der Waals surface area (Å²) in [4.78, 5) is 10.8. The molecule has 0 radical (unpaired) electrons. The molecule has 1 fully saturated rings. The van der Waals surface area contributed by atoms with Gasteiger partial charge in [-0.15, -0.1) is 0 Å². The number of carbonyl (C=O) groups is 1. The SMILES string of the molecule is O=Cc1ccccc1CC1(O)CCSC1. The van der Waals surface area contributed by atoms with Crippen molar-refractivity contribution in [3.8, 4) is 0 Å². The Morgan fingerprint density at radius 1 is 1.47 bits per heavy atom. The molecule has 3 heteroatoms. The zero-order valence-corrected chi connectivity index (χ0v) is 9.30. The summed E-state index contributed by atoms with van der Waals surface area (Å²) in [5.41, 5.74) is 1.05. The van der Waals surface area contributed by atoms with E-state index in [4.69, 9.17) is 0 Å². The Kier molecular flexibility index (Phi) is 3.12. The van der Waals surface area contributed by atoms with Crippen molar-refractivity contribution < 1.29 is 9.90 Å². The number of rotatable bonds is 3. The van der Waals surface area contributed by atoms with Crippen LogP contribution in [0.3, 0.4) is 0 Å². The van der Waals surface area contributed by atoms with Gasteiger partial charge >= 0.3 is 0 Å². The van der Waals surface area contributed by atoms with E-state index in [9.17, 15) is 9.90 Å². The topological polar surface area (TPSA) is 37.3 Å². The van der Waals surface area contributed by atoms with Gasteiger partial charge in [-0.2, -0.15) is 11.8 Å². The van der Waals surface area contributed by atoms with Crippen LogP contribution in [-0.4, -0.2) is 28.5 Å². The zero-order valence-electron chi connectivity index (χ0n) is 8.48. The van der Waals surface area contributed by atoms with Crippen LogP contribution in [0.25, 0.3) is 0 Å². The molecule has 1 aromatic rings. The first-order chi connectivity index (χ1) is 7.23. The fraction of sp³-hybridized carbons (Fsp3) is 0.417. The molecule has 15 heavy (non-hydrogen) atoms. The summed E-state index contributed by atoms with van der Waals surface area (Å²) in [5.74, 6) is 1.79. The highest BCUT2D eigenvalue weighted by atomic mass is 32.2. The van der Waals surface area contributed by atoms with Gasteiger partial charge in [-0.25, -0.2) is 0 Å². The van der Waals surface area contributed by atoms with E-state index in [-0.39, 0.29) is 0 Å². The predicted octanol–water partition coefficient (Wildman–Crippen LogP) is 1.91. The first kappa shape index (κ1) is 10.7. The average Bonchev–Trinajstić information content (AvgIpc) is 2.66. The van der Waals surface area contributed by atoms with Crippen LogP contribution in [-0.2, 0) is 6.42 Å². The Bertz CT molecular complexity index is 356. The Balaban J connectivity index is 2.19. The minimum Gasteiger partial charge on any atom is -0.389 e. The molecule has 1 heterocycles. The highest BCUT2D eigenvalue weighted by molar-refractivity contribution is 7.99. The molecular formula is C12H14O2S. The van der Waals surface area contributed by atoms with Gasteiger partial charge in [-0.05, 0) is 17.7 Å². The summed E-state index contributed by atoms with van der Waals surface area (Å²) >= 11 is 1.78. The van der Waals surface area contributed by atoms with Crippen molar-refractivity contribution in [2.24, 2.45) is 0 Å². The molecule has 0 saturated carbocycles. The van der Waals surface area contributed by atoms with E-state index in [1.54, 1.807) is 17.8 Å². The Hall–Kier alpha value is -0.800. The number of hydrogen-bond acceptors (Lipinski definition) is 3. The summed E-state index contributed by atoms with van der Waals surface area (Å²) in [6, 6.07) is 7.48. The molecule has 1 aliphatic rings. The van der Waals surface area contributed by atoms with Crippen LogP contribution in [0.2, 0.25) is 0 Å². The third-order valence-corrected chi connectivity index (χ3v) is 4.02. The number of aliphatic hydroxyl groups is 1. The quantitative estimate of drug-likeness (QED) is 0.794. The van der Waals surface area contributed by atoms with Crippen LogP contribution >= 0.6 is 11.8 Å². The van der Waals surface area contributed by atoms with Gasteiger partial charge in [0.25, 0.3) is 0 Å². The number of benzene rings is 1. The molecule has 1 N–H and O–H groups in total. The molecule has 1 unspecified atom stereocenters. The van der Waals surface area contributed by atoms with E-state index in [2.05, 4.69) is 0 Å². The van der Waals surface area contributed by atoms with Crippen LogP contribution in [0.5, 0.6) is 0 Å². The molecule has 1 aromatic carbocycles. The fourth-order valence-electron chi connectivity index (χ4n) is 1.90. The van der Waals surface area contributed by atoms with Gasteiger partial charge in [0, 0.05) is 17.7 Å². The van der Waals surface area contributed by atoms with Gasteiger partial charge in [-0.1, -0.05) is 24.3 Å². The number of thioether (sulfide) groups is 1. The molecule has 1 aliphatic heterocycles. The van der Waals surface area contributed by atoms with Crippen molar-refractivity contribution >= 4 is 18.0 Å². The zero-order chi connectivity index (χ0) is 10.7. The smallest absolute Gasteiger partial charge is 0.150 e. The predicted molar refractivity (Wildman–Crippen MR) is 62.4 cm³/mol. The van der Waals surface area contributed by atoms with Gasteiger partial charge in [0.2, 0.25) is 0 Å². The summed E-state index contributed by atoms with van der Waals surface area (Å²) < 4.78 is 0. The largest absolute Gasteiger partial charge is 0.389 e. The van der Waals surface area contributed by atoms with E-state index in [1.807, 2.05) is 18.2 Å². The van der Waals surface area contributed by atoms with Gasteiger partial charge in [-0.3, -0.25) is 4.79 Å². The molecule has 2 rings (SSSR count). The highest BCUT2D eigenvalue weighted by Gasteiger charge is 2.32. The minimum atomic E-state index is -0.607.